The SMILES string of the molecule is COC(=O)C1(c2ncc(-c3cccc(Br)c3)[nH]2)COC1. The minimum Gasteiger partial charge on any atom is -0.468 e. The van der Waals surface area contributed by atoms with Crippen molar-refractivity contribution in [3.63, 3.8) is 0 Å². The number of hydrogen-bond donors (Lipinski definition) is 1. The first-order chi connectivity index (χ1) is 9.65. The van der Waals surface area contributed by atoms with Crippen molar-refractivity contribution < 1.29 is 14.3 Å². The molecule has 1 N–H and O–H groups in total. The van der Waals surface area contributed by atoms with Crippen LogP contribution in [-0.4, -0.2) is 36.3 Å². The Kier molecular flexibility index (Phi) is 3.35. The molecule has 0 bridgehead atoms. The van der Waals surface area contributed by atoms with Crippen LogP contribution in [0.3, 0.4) is 0 Å². The first kappa shape index (κ1) is 13.3. The molecule has 1 saturated heterocycles. The van der Waals surface area contributed by atoms with Crippen LogP contribution in [0.5, 0.6) is 0 Å². The Bertz CT molecular complexity index is 649. The van der Waals surface area contributed by atoms with Gasteiger partial charge in [-0.1, -0.05) is 28.1 Å². The zero-order chi connectivity index (χ0) is 14.2. The molecule has 0 amide bonds. The zero-order valence-electron chi connectivity index (χ0n) is 10.9. The van der Waals surface area contributed by atoms with E-state index in [1.165, 1.54) is 7.11 Å². The van der Waals surface area contributed by atoms with Crippen LogP contribution < -0.4 is 0 Å². The second kappa shape index (κ2) is 5.03. The van der Waals surface area contributed by atoms with Gasteiger partial charge in [-0.15, -0.1) is 0 Å². The summed E-state index contributed by atoms with van der Waals surface area (Å²) >= 11 is 3.44. The van der Waals surface area contributed by atoms with Crippen LogP contribution in [0.1, 0.15) is 5.82 Å². The Labute approximate surface area is 124 Å². The molecular weight excluding hydrogens is 324 g/mol. The lowest BCUT2D eigenvalue weighted by Gasteiger charge is -2.36. The first-order valence-corrected chi connectivity index (χ1v) is 6.92. The minimum absolute atomic E-state index is 0.297. The molecule has 0 radical (unpaired) electrons. The molecule has 0 atom stereocenters. The number of carbonyl (C=O) groups excluding carboxylic acids is 1. The van der Waals surface area contributed by atoms with E-state index in [-0.39, 0.29) is 5.97 Å². The summed E-state index contributed by atoms with van der Waals surface area (Å²) in [5.41, 5.74) is 1.06. The predicted octanol–water partition coefficient (Wildman–Crippen LogP) is 2.28. The molecule has 0 aliphatic carbocycles. The maximum Gasteiger partial charge on any atom is 0.324 e. The van der Waals surface area contributed by atoms with Crippen LogP contribution in [0.4, 0.5) is 0 Å². The van der Waals surface area contributed by atoms with E-state index in [1.807, 2.05) is 24.3 Å². The molecule has 20 heavy (non-hydrogen) atoms. The summed E-state index contributed by atoms with van der Waals surface area (Å²) < 4.78 is 11.0. The van der Waals surface area contributed by atoms with Crippen LogP contribution >= 0.6 is 15.9 Å². The van der Waals surface area contributed by atoms with E-state index in [9.17, 15) is 4.79 Å². The summed E-state index contributed by atoms with van der Waals surface area (Å²) in [4.78, 5) is 19.5. The van der Waals surface area contributed by atoms with Gasteiger partial charge in [0.05, 0.1) is 32.2 Å². The average molecular weight is 337 g/mol. The molecule has 1 aliphatic heterocycles. The molecule has 1 aromatic heterocycles. The van der Waals surface area contributed by atoms with Gasteiger partial charge in [-0.05, 0) is 12.1 Å². The molecule has 1 aliphatic rings. The van der Waals surface area contributed by atoms with E-state index in [4.69, 9.17) is 9.47 Å². The number of H-pyrrole nitrogens is 1. The van der Waals surface area contributed by atoms with E-state index in [1.54, 1.807) is 6.20 Å². The molecule has 2 aromatic rings. The van der Waals surface area contributed by atoms with Gasteiger partial charge in [0.1, 0.15) is 5.82 Å². The molecule has 104 valence electrons. The maximum atomic E-state index is 11.9. The first-order valence-electron chi connectivity index (χ1n) is 6.13. The number of esters is 1. The summed E-state index contributed by atoms with van der Waals surface area (Å²) in [5.74, 6) is 0.268. The number of aromatic amines is 1. The molecule has 2 heterocycles. The number of imidazole rings is 1. The van der Waals surface area contributed by atoms with Crippen molar-refractivity contribution in [3.8, 4) is 11.3 Å². The highest BCUT2D eigenvalue weighted by Crippen LogP contribution is 2.33. The third-order valence-electron chi connectivity index (χ3n) is 3.44. The molecule has 0 spiro atoms. The summed E-state index contributed by atoms with van der Waals surface area (Å²) in [6.07, 6.45) is 1.72. The quantitative estimate of drug-likeness (QED) is 0.873. The van der Waals surface area contributed by atoms with Gasteiger partial charge in [0.15, 0.2) is 5.41 Å². The largest absolute Gasteiger partial charge is 0.468 e. The number of hydrogen-bond acceptors (Lipinski definition) is 4. The van der Waals surface area contributed by atoms with Gasteiger partial charge in [-0.25, -0.2) is 4.98 Å². The van der Waals surface area contributed by atoms with E-state index in [0.717, 1.165) is 15.7 Å². The molecule has 1 aromatic carbocycles. The normalized spacial score (nSPS) is 16.5. The predicted molar refractivity (Wildman–Crippen MR) is 76.2 cm³/mol. The van der Waals surface area contributed by atoms with Gasteiger partial charge >= 0.3 is 5.97 Å². The van der Waals surface area contributed by atoms with E-state index >= 15 is 0 Å². The standard InChI is InChI=1S/C14H13BrN2O3/c1-19-13(18)14(7-20-8-14)12-16-6-11(17-12)9-3-2-4-10(15)5-9/h2-6H,7-8H2,1H3,(H,16,17). The molecular formula is C14H13BrN2O3. The number of rotatable bonds is 3. The fourth-order valence-electron chi connectivity index (χ4n) is 2.22. The number of carbonyl (C=O) groups is 1. The van der Waals surface area contributed by atoms with Crippen molar-refractivity contribution in [2.24, 2.45) is 0 Å². The lowest BCUT2D eigenvalue weighted by atomic mass is 9.85. The van der Waals surface area contributed by atoms with Crippen LogP contribution in [-0.2, 0) is 19.7 Å². The Morgan fingerprint density at radius 2 is 2.30 bits per heavy atom. The van der Waals surface area contributed by atoms with Gasteiger partial charge < -0.3 is 14.5 Å². The van der Waals surface area contributed by atoms with E-state index < -0.39 is 5.41 Å². The van der Waals surface area contributed by atoms with Crippen LogP contribution in [0, 0.1) is 0 Å². The number of methoxy groups -OCH3 is 1. The Morgan fingerprint density at radius 1 is 1.50 bits per heavy atom. The monoisotopic (exact) mass is 336 g/mol. The van der Waals surface area contributed by atoms with Crippen LogP contribution in [0.2, 0.25) is 0 Å². The fraction of sp³-hybridized carbons (Fsp3) is 0.286. The van der Waals surface area contributed by atoms with Crippen molar-refractivity contribution in [1.29, 1.82) is 0 Å². The number of halogens is 1. The summed E-state index contributed by atoms with van der Waals surface area (Å²) in [7, 11) is 1.38. The molecule has 0 saturated carbocycles. The topological polar surface area (TPSA) is 64.2 Å². The number of ether oxygens (including phenoxy) is 2. The molecule has 5 nitrogen and oxygen atoms in total. The lowest BCUT2D eigenvalue weighted by molar-refractivity contribution is -0.167. The highest BCUT2D eigenvalue weighted by atomic mass is 79.9. The number of aromatic nitrogens is 2. The van der Waals surface area contributed by atoms with Crippen LogP contribution in [0.15, 0.2) is 34.9 Å². The van der Waals surface area contributed by atoms with E-state index in [0.29, 0.717) is 19.0 Å². The number of nitrogens with one attached hydrogen (secondary N) is 1. The average Bonchev–Trinajstić information content (AvgIpc) is 2.87. The molecule has 0 unspecified atom stereocenters. The van der Waals surface area contributed by atoms with Crippen LogP contribution in [0.25, 0.3) is 11.3 Å². The molecule has 6 heteroatoms. The third kappa shape index (κ3) is 2.05. The Hall–Kier alpha value is -1.66. The van der Waals surface area contributed by atoms with Crippen molar-refractivity contribution >= 4 is 21.9 Å². The number of nitrogens with zero attached hydrogens (tertiary/aromatic N) is 1. The van der Waals surface area contributed by atoms with Gasteiger partial charge in [0, 0.05) is 10.0 Å². The summed E-state index contributed by atoms with van der Waals surface area (Å²) in [5, 5.41) is 0. The van der Waals surface area contributed by atoms with Gasteiger partial charge in [-0.3, -0.25) is 4.79 Å². The Morgan fingerprint density at radius 3 is 2.90 bits per heavy atom. The second-order valence-corrected chi connectivity index (χ2v) is 5.64. The van der Waals surface area contributed by atoms with Gasteiger partial charge in [0.25, 0.3) is 0 Å². The van der Waals surface area contributed by atoms with Crippen molar-refractivity contribution in [2.45, 2.75) is 5.41 Å². The highest BCUT2D eigenvalue weighted by molar-refractivity contribution is 9.10. The van der Waals surface area contributed by atoms with Gasteiger partial charge in [0.2, 0.25) is 0 Å². The highest BCUT2D eigenvalue weighted by Gasteiger charge is 2.51. The fourth-order valence-corrected chi connectivity index (χ4v) is 2.62. The number of benzene rings is 1. The lowest BCUT2D eigenvalue weighted by Crippen LogP contribution is -2.54. The second-order valence-electron chi connectivity index (χ2n) is 4.72. The van der Waals surface area contributed by atoms with Crippen molar-refractivity contribution in [2.75, 3.05) is 20.3 Å². The molecule has 3 rings (SSSR count). The van der Waals surface area contributed by atoms with Crippen molar-refractivity contribution in [1.82, 2.24) is 9.97 Å². The smallest absolute Gasteiger partial charge is 0.324 e. The summed E-state index contributed by atoms with van der Waals surface area (Å²) in [6.45, 7) is 0.593. The minimum atomic E-state index is -0.793. The van der Waals surface area contributed by atoms with Crippen molar-refractivity contribution in [3.05, 3.63) is 40.8 Å². The summed E-state index contributed by atoms with van der Waals surface area (Å²) in [6, 6.07) is 7.86. The van der Waals surface area contributed by atoms with E-state index in [2.05, 4.69) is 25.9 Å². The Balaban J connectivity index is 1.96. The van der Waals surface area contributed by atoms with Gasteiger partial charge in [-0.2, -0.15) is 0 Å². The zero-order valence-corrected chi connectivity index (χ0v) is 12.4. The maximum absolute atomic E-state index is 11.9. The molecule has 1 fully saturated rings. The third-order valence-corrected chi connectivity index (χ3v) is 3.93.